The summed E-state index contributed by atoms with van der Waals surface area (Å²) in [4.78, 5) is 14.0. The number of ether oxygens (including phenoxy) is 2. The van der Waals surface area contributed by atoms with Crippen molar-refractivity contribution in [2.45, 2.75) is 24.5 Å². The molecule has 3 aromatic carbocycles. The van der Waals surface area contributed by atoms with Crippen molar-refractivity contribution in [1.29, 1.82) is 0 Å². The maximum absolute atomic E-state index is 12.8. The zero-order valence-electron chi connectivity index (χ0n) is 16.9. The smallest absolute Gasteiger partial charge is 0.255 e. The minimum absolute atomic E-state index is 0.181. The molecule has 1 amide bonds. The van der Waals surface area contributed by atoms with Crippen LogP contribution >= 0.6 is 11.8 Å². The zero-order valence-corrected chi connectivity index (χ0v) is 17.7. The first kappa shape index (κ1) is 20.8. The molecule has 3 aromatic rings. The number of methoxy groups -OCH3 is 1. The third kappa shape index (κ3) is 5.55. The van der Waals surface area contributed by atoms with Crippen molar-refractivity contribution in [3.8, 4) is 11.5 Å². The van der Waals surface area contributed by atoms with Gasteiger partial charge in [0.25, 0.3) is 5.91 Å². The van der Waals surface area contributed by atoms with Gasteiger partial charge in [0.1, 0.15) is 11.5 Å². The predicted molar refractivity (Wildman–Crippen MR) is 119 cm³/mol. The zero-order chi connectivity index (χ0) is 20.6. The molecule has 150 valence electrons. The molecule has 3 rings (SSSR count). The van der Waals surface area contributed by atoms with Gasteiger partial charge in [0, 0.05) is 21.8 Å². The lowest BCUT2D eigenvalue weighted by Crippen LogP contribution is -2.13. The van der Waals surface area contributed by atoms with Gasteiger partial charge in [0.15, 0.2) is 0 Å². The monoisotopic (exact) mass is 407 g/mol. The lowest BCUT2D eigenvalue weighted by molar-refractivity contribution is 0.102. The van der Waals surface area contributed by atoms with E-state index < -0.39 is 0 Å². The summed E-state index contributed by atoms with van der Waals surface area (Å²) in [7, 11) is 1.59. The van der Waals surface area contributed by atoms with Crippen LogP contribution in [0.15, 0.2) is 71.6 Å². The van der Waals surface area contributed by atoms with Crippen molar-refractivity contribution in [2.75, 3.05) is 19.0 Å². The Morgan fingerprint density at radius 1 is 1.00 bits per heavy atom. The molecule has 0 aliphatic carbocycles. The Morgan fingerprint density at radius 3 is 2.48 bits per heavy atom. The van der Waals surface area contributed by atoms with Gasteiger partial charge in [-0.2, -0.15) is 0 Å². The van der Waals surface area contributed by atoms with Gasteiger partial charge in [-0.3, -0.25) is 4.79 Å². The molecular weight excluding hydrogens is 382 g/mol. The summed E-state index contributed by atoms with van der Waals surface area (Å²) in [5.41, 5.74) is 3.45. The number of thioether (sulfide) groups is 1. The average Bonchev–Trinajstić information content (AvgIpc) is 2.74. The molecule has 0 aromatic heterocycles. The molecule has 29 heavy (non-hydrogen) atoms. The number of anilines is 1. The number of aryl methyl sites for hydroxylation is 1. The van der Waals surface area contributed by atoms with E-state index in [1.165, 1.54) is 10.5 Å². The van der Waals surface area contributed by atoms with Gasteiger partial charge in [-0.05, 0) is 56.3 Å². The van der Waals surface area contributed by atoms with Crippen molar-refractivity contribution in [1.82, 2.24) is 0 Å². The molecule has 0 saturated heterocycles. The molecule has 0 atom stereocenters. The first-order chi connectivity index (χ1) is 14.1. The molecule has 0 heterocycles. The molecular formula is C24H25NO3S. The van der Waals surface area contributed by atoms with E-state index >= 15 is 0 Å². The lowest BCUT2D eigenvalue weighted by Gasteiger charge is -2.13. The highest BCUT2D eigenvalue weighted by atomic mass is 32.2. The molecule has 1 N–H and O–H groups in total. The summed E-state index contributed by atoms with van der Waals surface area (Å²) >= 11 is 1.72. The fourth-order valence-corrected chi connectivity index (χ4v) is 3.74. The number of para-hydroxylation sites is 2. The van der Waals surface area contributed by atoms with Crippen LogP contribution in [-0.2, 0) is 5.75 Å². The van der Waals surface area contributed by atoms with Gasteiger partial charge in [-0.1, -0.05) is 29.8 Å². The molecule has 0 unspecified atom stereocenters. The van der Waals surface area contributed by atoms with Crippen LogP contribution in [0.5, 0.6) is 11.5 Å². The number of benzene rings is 3. The van der Waals surface area contributed by atoms with Crippen molar-refractivity contribution in [3.05, 3.63) is 83.4 Å². The average molecular weight is 408 g/mol. The third-order valence-corrected chi connectivity index (χ3v) is 5.45. The van der Waals surface area contributed by atoms with E-state index in [0.29, 0.717) is 29.4 Å². The first-order valence-electron chi connectivity index (χ1n) is 9.50. The van der Waals surface area contributed by atoms with Crippen molar-refractivity contribution in [3.63, 3.8) is 0 Å². The van der Waals surface area contributed by atoms with Crippen molar-refractivity contribution < 1.29 is 14.3 Å². The standard InChI is InChI=1S/C24H25NO3S/c1-4-28-22-14-11-18(24(26)25-21-7-5-6-8-23(21)27-3)15-19(22)16-29-20-12-9-17(2)10-13-20/h5-15H,4,16H2,1-3H3,(H,25,26). The highest BCUT2D eigenvalue weighted by molar-refractivity contribution is 7.98. The molecule has 0 aliphatic rings. The Labute approximate surface area is 176 Å². The molecule has 0 saturated carbocycles. The first-order valence-corrected chi connectivity index (χ1v) is 10.5. The highest BCUT2D eigenvalue weighted by Gasteiger charge is 2.13. The molecule has 0 radical (unpaired) electrons. The van der Waals surface area contributed by atoms with Gasteiger partial charge < -0.3 is 14.8 Å². The van der Waals surface area contributed by atoms with E-state index in [1.807, 2.05) is 43.3 Å². The van der Waals surface area contributed by atoms with Crippen LogP contribution in [0.4, 0.5) is 5.69 Å². The van der Waals surface area contributed by atoms with E-state index in [0.717, 1.165) is 11.3 Å². The summed E-state index contributed by atoms with van der Waals surface area (Å²) in [5, 5.41) is 2.92. The van der Waals surface area contributed by atoms with E-state index in [4.69, 9.17) is 9.47 Å². The van der Waals surface area contributed by atoms with E-state index in [2.05, 4.69) is 36.5 Å². The quantitative estimate of drug-likeness (QED) is 0.469. The summed E-state index contributed by atoms with van der Waals surface area (Å²) in [6.07, 6.45) is 0. The fraction of sp³-hybridized carbons (Fsp3) is 0.208. The second-order valence-electron chi connectivity index (χ2n) is 6.51. The Kier molecular flexibility index (Phi) is 7.19. The van der Waals surface area contributed by atoms with Crippen molar-refractivity contribution >= 4 is 23.4 Å². The molecule has 0 aliphatic heterocycles. The lowest BCUT2D eigenvalue weighted by atomic mass is 10.1. The maximum atomic E-state index is 12.8. The Balaban J connectivity index is 1.79. The van der Waals surface area contributed by atoms with Crippen LogP contribution in [0.2, 0.25) is 0 Å². The molecule has 0 bridgehead atoms. The maximum Gasteiger partial charge on any atom is 0.255 e. The second kappa shape index (κ2) is 10.0. The Hall–Kier alpha value is -2.92. The van der Waals surface area contributed by atoms with Gasteiger partial charge in [0.2, 0.25) is 0 Å². The summed E-state index contributed by atoms with van der Waals surface area (Å²) in [6.45, 7) is 4.61. The SMILES string of the molecule is CCOc1ccc(C(=O)Nc2ccccc2OC)cc1CSc1ccc(C)cc1. The Bertz CT molecular complexity index is 970. The van der Waals surface area contributed by atoms with E-state index in [9.17, 15) is 4.79 Å². The van der Waals surface area contributed by atoms with Gasteiger partial charge in [-0.15, -0.1) is 11.8 Å². The third-order valence-electron chi connectivity index (χ3n) is 4.39. The normalized spacial score (nSPS) is 10.4. The molecule has 0 fully saturated rings. The number of carbonyl (C=O) groups excluding carboxylic acids is 1. The summed E-state index contributed by atoms with van der Waals surface area (Å²) in [6, 6.07) is 21.3. The summed E-state index contributed by atoms with van der Waals surface area (Å²) in [5.74, 6) is 1.97. The number of hydrogen-bond acceptors (Lipinski definition) is 4. The van der Waals surface area contributed by atoms with Gasteiger partial charge in [-0.25, -0.2) is 0 Å². The fourth-order valence-electron chi connectivity index (χ4n) is 2.87. The van der Waals surface area contributed by atoms with Crippen LogP contribution < -0.4 is 14.8 Å². The van der Waals surface area contributed by atoms with E-state index in [1.54, 1.807) is 24.9 Å². The number of rotatable bonds is 8. The number of hydrogen-bond donors (Lipinski definition) is 1. The molecule has 5 heteroatoms. The van der Waals surface area contributed by atoms with Crippen molar-refractivity contribution in [2.24, 2.45) is 0 Å². The van der Waals surface area contributed by atoms with E-state index in [-0.39, 0.29) is 5.91 Å². The number of carbonyl (C=O) groups is 1. The topological polar surface area (TPSA) is 47.6 Å². The van der Waals surface area contributed by atoms with Crippen LogP contribution in [0, 0.1) is 6.92 Å². The highest BCUT2D eigenvalue weighted by Crippen LogP contribution is 2.30. The van der Waals surface area contributed by atoms with Crippen LogP contribution in [0.25, 0.3) is 0 Å². The van der Waals surface area contributed by atoms with Crippen LogP contribution in [0.3, 0.4) is 0 Å². The van der Waals surface area contributed by atoms with Gasteiger partial charge in [0.05, 0.1) is 19.4 Å². The second-order valence-corrected chi connectivity index (χ2v) is 7.56. The molecule has 0 spiro atoms. The molecule has 4 nitrogen and oxygen atoms in total. The van der Waals surface area contributed by atoms with Gasteiger partial charge >= 0.3 is 0 Å². The summed E-state index contributed by atoms with van der Waals surface area (Å²) < 4.78 is 11.1. The number of amides is 1. The number of nitrogens with one attached hydrogen (secondary N) is 1. The largest absolute Gasteiger partial charge is 0.495 e. The van der Waals surface area contributed by atoms with Crippen LogP contribution in [0.1, 0.15) is 28.4 Å². The minimum Gasteiger partial charge on any atom is -0.495 e. The predicted octanol–water partition coefficient (Wildman–Crippen LogP) is 5.95. The van der Waals surface area contributed by atoms with Crippen LogP contribution in [-0.4, -0.2) is 19.6 Å². The Morgan fingerprint density at radius 2 is 1.76 bits per heavy atom. The minimum atomic E-state index is -0.181.